The average Bonchev–Trinajstić information content (AvgIpc) is 2.92. The fraction of sp³-hybridized carbons (Fsp3) is 0.357. The maximum absolute atomic E-state index is 9.45. The molecule has 0 unspecified atom stereocenters. The van der Waals surface area contributed by atoms with Crippen molar-refractivity contribution < 1.29 is 0 Å². The van der Waals surface area contributed by atoms with Crippen LogP contribution in [0.25, 0.3) is 0 Å². The first kappa shape index (κ1) is 11.9. The van der Waals surface area contributed by atoms with Crippen LogP contribution in [0.4, 0.5) is 0 Å². The fourth-order valence-corrected chi connectivity index (χ4v) is 2.63. The third kappa shape index (κ3) is 2.23. The Balaban J connectivity index is 1.60. The summed E-state index contributed by atoms with van der Waals surface area (Å²) in [5, 5.41) is 19.5. The van der Waals surface area contributed by atoms with Crippen molar-refractivity contribution in [3.8, 4) is 6.07 Å². The minimum Gasteiger partial charge on any atom is -0.307 e. The van der Waals surface area contributed by atoms with E-state index in [0.717, 1.165) is 24.2 Å². The zero-order valence-electron chi connectivity index (χ0n) is 10.5. The molecule has 0 saturated heterocycles. The van der Waals surface area contributed by atoms with Crippen LogP contribution < -0.4 is 5.32 Å². The molecule has 0 spiro atoms. The Morgan fingerprint density at radius 3 is 2.79 bits per heavy atom. The van der Waals surface area contributed by atoms with Gasteiger partial charge in [-0.2, -0.15) is 10.4 Å². The molecule has 2 N–H and O–H groups in total. The zero-order valence-corrected chi connectivity index (χ0v) is 10.5. The molecule has 0 atom stereocenters. The molecule has 19 heavy (non-hydrogen) atoms. The van der Waals surface area contributed by atoms with Gasteiger partial charge in [0.15, 0.2) is 0 Å². The summed E-state index contributed by atoms with van der Waals surface area (Å²) in [6.45, 7) is 0.668. The standard InChI is InChI=1S/C14H15N5/c15-9-14(11-4-2-1-3-5-11)6-12(7-14)16-8-13-17-10-18-19-13/h1-5,10,12,16H,6-8H2,(H,17,18,19). The van der Waals surface area contributed by atoms with E-state index in [1.165, 1.54) is 6.33 Å². The summed E-state index contributed by atoms with van der Waals surface area (Å²) in [4.78, 5) is 4.07. The van der Waals surface area contributed by atoms with Gasteiger partial charge >= 0.3 is 0 Å². The largest absolute Gasteiger partial charge is 0.307 e. The van der Waals surface area contributed by atoms with Crippen LogP contribution in [0.15, 0.2) is 36.7 Å². The van der Waals surface area contributed by atoms with E-state index in [0.29, 0.717) is 12.6 Å². The first-order chi connectivity index (χ1) is 9.32. The van der Waals surface area contributed by atoms with Crippen molar-refractivity contribution in [3.63, 3.8) is 0 Å². The van der Waals surface area contributed by atoms with E-state index in [1.54, 1.807) is 0 Å². The molecule has 0 aliphatic heterocycles. The van der Waals surface area contributed by atoms with Gasteiger partial charge in [-0.05, 0) is 18.4 Å². The highest BCUT2D eigenvalue weighted by Gasteiger charge is 2.45. The smallest absolute Gasteiger partial charge is 0.138 e. The zero-order chi connectivity index (χ0) is 13.1. The highest BCUT2D eigenvalue weighted by Crippen LogP contribution is 2.43. The predicted molar refractivity (Wildman–Crippen MR) is 70.0 cm³/mol. The summed E-state index contributed by atoms with van der Waals surface area (Å²) in [5.41, 5.74) is 0.801. The van der Waals surface area contributed by atoms with Gasteiger partial charge in [0.25, 0.3) is 0 Å². The van der Waals surface area contributed by atoms with Crippen LogP contribution in [0.1, 0.15) is 24.2 Å². The maximum Gasteiger partial charge on any atom is 0.138 e. The topological polar surface area (TPSA) is 77.4 Å². The molecule has 0 radical (unpaired) electrons. The molecular formula is C14H15N5. The van der Waals surface area contributed by atoms with Gasteiger partial charge in [0.05, 0.1) is 18.0 Å². The number of rotatable bonds is 4. The van der Waals surface area contributed by atoms with E-state index in [9.17, 15) is 5.26 Å². The molecule has 1 saturated carbocycles. The van der Waals surface area contributed by atoms with E-state index < -0.39 is 0 Å². The number of H-pyrrole nitrogens is 1. The molecule has 96 valence electrons. The summed E-state index contributed by atoms with van der Waals surface area (Å²) in [7, 11) is 0. The number of aromatic amines is 1. The molecular weight excluding hydrogens is 238 g/mol. The second kappa shape index (κ2) is 4.82. The van der Waals surface area contributed by atoms with Crippen molar-refractivity contribution in [2.75, 3.05) is 0 Å². The normalized spacial score (nSPS) is 25.5. The van der Waals surface area contributed by atoms with Crippen LogP contribution in [-0.2, 0) is 12.0 Å². The predicted octanol–water partition coefficient (Wildman–Crippen LogP) is 1.52. The van der Waals surface area contributed by atoms with Crippen LogP contribution >= 0.6 is 0 Å². The summed E-state index contributed by atoms with van der Waals surface area (Å²) in [5.74, 6) is 0.828. The summed E-state index contributed by atoms with van der Waals surface area (Å²) >= 11 is 0. The van der Waals surface area contributed by atoms with Gasteiger partial charge < -0.3 is 5.32 Å². The van der Waals surface area contributed by atoms with E-state index >= 15 is 0 Å². The summed E-state index contributed by atoms with van der Waals surface area (Å²) < 4.78 is 0. The minimum atomic E-state index is -0.319. The number of hydrogen-bond donors (Lipinski definition) is 2. The number of benzene rings is 1. The molecule has 1 fully saturated rings. The highest BCUT2D eigenvalue weighted by molar-refractivity contribution is 5.36. The van der Waals surface area contributed by atoms with Crippen LogP contribution in [0.3, 0.4) is 0 Å². The molecule has 0 amide bonds. The number of nitrogens with one attached hydrogen (secondary N) is 2. The van der Waals surface area contributed by atoms with Crippen molar-refractivity contribution in [2.45, 2.75) is 30.8 Å². The van der Waals surface area contributed by atoms with Gasteiger partial charge in [-0.15, -0.1) is 0 Å². The van der Waals surface area contributed by atoms with Crippen molar-refractivity contribution in [1.82, 2.24) is 20.5 Å². The van der Waals surface area contributed by atoms with Gasteiger partial charge in [0, 0.05) is 6.04 Å². The van der Waals surface area contributed by atoms with Crippen LogP contribution in [0.5, 0.6) is 0 Å². The van der Waals surface area contributed by atoms with Gasteiger partial charge in [-0.1, -0.05) is 30.3 Å². The average molecular weight is 253 g/mol. The maximum atomic E-state index is 9.45. The monoisotopic (exact) mass is 253 g/mol. The van der Waals surface area contributed by atoms with E-state index in [2.05, 4.69) is 26.6 Å². The lowest BCUT2D eigenvalue weighted by atomic mass is 9.62. The lowest BCUT2D eigenvalue weighted by Crippen LogP contribution is -2.50. The van der Waals surface area contributed by atoms with Crippen LogP contribution in [0, 0.1) is 11.3 Å². The Kier molecular flexibility index (Phi) is 3.02. The Labute approximate surface area is 111 Å². The lowest BCUT2D eigenvalue weighted by molar-refractivity contribution is 0.224. The molecule has 2 aromatic rings. The molecule has 1 aliphatic carbocycles. The lowest BCUT2D eigenvalue weighted by Gasteiger charge is -2.43. The molecule has 3 rings (SSSR count). The molecule has 0 bridgehead atoms. The molecule has 5 nitrogen and oxygen atoms in total. The molecule has 1 aromatic heterocycles. The second-order valence-electron chi connectivity index (χ2n) is 4.98. The Morgan fingerprint density at radius 2 is 2.16 bits per heavy atom. The third-order valence-corrected chi connectivity index (χ3v) is 3.75. The SMILES string of the molecule is N#CC1(c2ccccc2)CC(NCc2ncn[nH]2)C1. The van der Waals surface area contributed by atoms with Gasteiger partial charge in [-0.3, -0.25) is 5.10 Å². The second-order valence-corrected chi connectivity index (χ2v) is 4.98. The number of hydrogen-bond acceptors (Lipinski definition) is 4. The quantitative estimate of drug-likeness (QED) is 0.866. The first-order valence-electron chi connectivity index (χ1n) is 6.37. The van der Waals surface area contributed by atoms with Gasteiger partial charge in [0.1, 0.15) is 12.2 Å². The van der Waals surface area contributed by atoms with E-state index in [4.69, 9.17) is 0 Å². The van der Waals surface area contributed by atoms with Crippen molar-refractivity contribution >= 4 is 0 Å². The van der Waals surface area contributed by atoms with Crippen LogP contribution in [0.2, 0.25) is 0 Å². The highest BCUT2D eigenvalue weighted by atomic mass is 15.2. The van der Waals surface area contributed by atoms with Crippen LogP contribution in [-0.4, -0.2) is 21.2 Å². The molecule has 1 aliphatic rings. The minimum absolute atomic E-state index is 0.319. The van der Waals surface area contributed by atoms with Crippen molar-refractivity contribution in [3.05, 3.63) is 48.0 Å². The summed E-state index contributed by atoms with van der Waals surface area (Å²) in [6.07, 6.45) is 3.20. The third-order valence-electron chi connectivity index (χ3n) is 3.75. The molecule has 5 heteroatoms. The number of nitrogens with zero attached hydrogens (tertiary/aromatic N) is 3. The first-order valence-corrected chi connectivity index (χ1v) is 6.37. The molecule has 1 aromatic carbocycles. The Bertz CT molecular complexity index is 564. The Morgan fingerprint density at radius 1 is 1.37 bits per heavy atom. The van der Waals surface area contributed by atoms with E-state index in [-0.39, 0.29) is 5.41 Å². The van der Waals surface area contributed by atoms with Gasteiger partial charge in [0.2, 0.25) is 0 Å². The van der Waals surface area contributed by atoms with Crippen molar-refractivity contribution in [2.24, 2.45) is 0 Å². The molecule has 1 heterocycles. The van der Waals surface area contributed by atoms with Gasteiger partial charge in [-0.25, -0.2) is 4.98 Å². The summed E-state index contributed by atoms with van der Waals surface area (Å²) in [6, 6.07) is 12.9. The van der Waals surface area contributed by atoms with Crippen molar-refractivity contribution in [1.29, 1.82) is 5.26 Å². The fourth-order valence-electron chi connectivity index (χ4n) is 2.63. The number of aromatic nitrogens is 3. The Hall–Kier alpha value is -2.19. The van der Waals surface area contributed by atoms with E-state index in [1.807, 2.05) is 30.3 Å². The number of nitriles is 1.